The van der Waals surface area contributed by atoms with Crippen molar-refractivity contribution in [2.24, 2.45) is 0 Å². The molecule has 8 nitrogen and oxygen atoms in total. The van der Waals surface area contributed by atoms with Crippen LogP contribution in [0.2, 0.25) is 0 Å². The molecule has 3 heterocycles. The predicted molar refractivity (Wildman–Crippen MR) is 138 cm³/mol. The van der Waals surface area contributed by atoms with E-state index >= 15 is 4.39 Å². The molecular formula is C26H37F2N2O6P. The SMILES string of the molecule is CC.CC(C)(C)c1cc(C(C)(C)C)c2c(c1F)COP(OCC1CCC(n3cc(F)c(=O)[nH]c3=O)O1)O2. The first-order valence-electron chi connectivity index (χ1n) is 12.5. The van der Waals surface area contributed by atoms with Crippen LogP contribution in [0.3, 0.4) is 0 Å². The van der Waals surface area contributed by atoms with E-state index in [2.05, 4.69) is 0 Å². The topological polar surface area (TPSA) is 91.8 Å². The van der Waals surface area contributed by atoms with E-state index in [9.17, 15) is 14.0 Å². The van der Waals surface area contributed by atoms with Crippen molar-refractivity contribution in [2.45, 2.75) is 98.0 Å². The van der Waals surface area contributed by atoms with Crippen LogP contribution >= 0.6 is 8.60 Å². The molecule has 2 aromatic rings. The fourth-order valence-corrected chi connectivity index (χ4v) is 5.21. The Morgan fingerprint density at radius 1 is 1.08 bits per heavy atom. The Morgan fingerprint density at radius 2 is 1.73 bits per heavy atom. The summed E-state index contributed by atoms with van der Waals surface area (Å²) in [6.07, 6.45) is 0.727. The lowest BCUT2D eigenvalue weighted by Gasteiger charge is -2.33. The molecule has 11 heteroatoms. The fourth-order valence-electron chi connectivity index (χ4n) is 4.15. The molecule has 37 heavy (non-hydrogen) atoms. The van der Waals surface area contributed by atoms with Gasteiger partial charge in [0.15, 0.2) is 0 Å². The summed E-state index contributed by atoms with van der Waals surface area (Å²) in [5, 5.41) is 0. The average molecular weight is 543 g/mol. The number of fused-ring (bicyclic) bond motifs is 1. The lowest BCUT2D eigenvalue weighted by molar-refractivity contribution is -0.0234. The van der Waals surface area contributed by atoms with Gasteiger partial charge in [-0.3, -0.25) is 23.4 Å². The van der Waals surface area contributed by atoms with Gasteiger partial charge in [0, 0.05) is 5.56 Å². The number of hydrogen-bond donors (Lipinski definition) is 1. The third kappa shape index (κ3) is 6.48. The minimum atomic E-state index is -1.79. The highest BCUT2D eigenvalue weighted by Gasteiger charge is 2.36. The maximum atomic E-state index is 15.4. The number of H-pyrrole nitrogens is 1. The number of rotatable bonds is 4. The molecule has 1 N–H and O–H groups in total. The minimum Gasteiger partial charge on any atom is -0.426 e. The lowest BCUT2D eigenvalue weighted by atomic mass is 9.78. The third-order valence-corrected chi connectivity index (χ3v) is 7.12. The van der Waals surface area contributed by atoms with E-state index in [0.717, 1.165) is 16.3 Å². The first-order chi connectivity index (χ1) is 17.3. The zero-order valence-electron chi connectivity index (χ0n) is 22.7. The largest absolute Gasteiger partial charge is 0.426 e. The van der Waals surface area contributed by atoms with Crippen LogP contribution in [0.4, 0.5) is 8.78 Å². The van der Waals surface area contributed by atoms with Gasteiger partial charge in [-0.15, -0.1) is 0 Å². The summed E-state index contributed by atoms with van der Waals surface area (Å²) in [6.45, 7) is 16.2. The van der Waals surface area contributed by atoms with Crippen LogP contribution in [-0.4, -0.2) is 22.3 Å². The third-order valence-electron chi connectivity index (χ3n) is 6.09. The van der Waals surface area contributed by atoms with Gasteiger partial charge in [0.05, 0.1) is 31.1 Å². The molecule has 0 radical (unpaired) electrons. The molecular weight excluding hydrogens is 505 g/mol. The summed E-state index contributed by atoms with van der Waals surface area (Å²) in [5.41, 5.74) is -0.605. The van der Waals surface area contributed by atoms with E-state index in [1.807, 2.05) is 66.4 Å². The Hall–Kier alpha value is -2.13. The van der Waals surface area contributed by atoms with E-state index in [4.69, 9.17) is 18.3 Å². The smallest absolute Gasteiger partial charge is 0.397 e. The van der Waals surface area contributed by atoms with E-state index < -0.39 is 31.9 Å². The lowest BCUT2D eigenvalue weighted by Crippen LogP contribution is -2.34. The Labute approximate surface area is 217 Å². The molecule has 3 unspecified atom stereocenters. The van der Waals surface area contributed by atoms with Gasteiger partial charge >= 0.3 is 14.3 Å². The number of benzene rings is 1. The van der Waals surface area contributed by atoms with Gasteiger partial charge < -0.3 is 9.26 Å². The van der Waals surface area contributed by atoms with E-state index in [0.29, 0.717) is 29.7 Å². The second-order valence-corrected chi connectivity index (χ2v) is 12.1. The number of hydrogen-bond acceptors (Lipinski definition) is 6. The molecule has 0 aliphatic carbocycles. The van der Waals surface area contributed by atoms with Crippen molar-refractivity contribution >= 4 is 8.60 Å². The molecule has 4 rings (SSSR count). The fraction of sp³-hybridized carbons (Fsp3) is 0.615. The number of aromatic nitrogens is 2. The predicted octanol–water partition coefficient (Wildman–Crippen LogP) is 5.97. The highest BCUT2D eigenvalue weighted by atomic mass is 31.2. The number of ether oxygens (including phenoxy) is 1. The molecule has 1 saturated heterocycles. The molecule has 1 aromatic carbocycles. The molecule has 2 aliphatic heterocycles. The summed E-state index contributed by atoms with van der Waals surface area (Å²) < 4.78 is 53.4. The van der Waals surface area contributed by atoms with Crippen LogP contribution in [-0.2, 0) is 31.2 Å². The number of halogens is 2. The zero-order valence-corrected chi connectivity index (χ0v) is 23.6. The summed E-state index contributed by atoms with van der Waals surface area (Å²) in [7, 11) is -1.79. The number of aromatic amines is 1. The molecule has 1 fully saturated rings. The van der Waals surface area contributed by atoms with Crippen molar-refractivity contribution < 1.29 is 27.1 Å². The molecule has 0 spiro atoms. The van der Waals surface area contributed by atoms with Gasteiger partial charge in [0.2, 0.25) is 5.82 Å². The first-order valence-corrected chi connectivity index (χ1v) is 13.6. The molecule has 206 valence electrons. The number of nitrogens with one attached hydrogen (secondary N) is 1. The molecule has 0 amide bonds. The van der Waals surface area contributed by atoms with Crippen molar-refractivity contribution in [2.75, 3.05) is 6.61 Å². The molecule has 3 atom stereocenters. The normalized spacial score (nSPS) is 21.6. The van der Waals surface area contributed by atoms with E-state index in [1.54, 1.807) is 0 Å². The first kappa shape index (κ1) is 29.4. The standard InChI is InChI=1S/C24H31F2N2O6P.C2H6/c1-23(2,3)15-9-16(24(4,5)6)20-14(19(15)26)12-32-35(34-20)31-11-13-7-8-18(33-13)28-10-17(25)21(29)27-22(28)30;1-2/h9-10,13,18H,7-8,11-12H2,1-6H3,(H,27,29,30);1-2H3. The summed E-state index contributed by atoms with van der Waals surface area (Å²) >= 11 is 0. The molecule has 0 bridgehead atoms. The number of nitrogens with zero attached hydrogens (tertiary/aromatic N) is 1. The Morgan fingerprint density at radius 3 is 2.35 bits per heavy atom. The summed E-state index contributed by atoms with van der Waals surface area (Å²) in [6, 6.07) is 1.87. The van der Waals surface area contributed by atoms with Gasteiger partial charge in [-0.05, 0) is 35.3 Å². The van der Waals surface area contributed by atoms with Gasteiger partial charge in [0.1, 0.15) is 17.8 Å². The highest BCUT2D eigenvalue weighted by Crippen LogP contribution is 2.52. The average Bonchev–Trinajstić information content (AvgIpc) is 3.28. The van der Waals surface area contributed by atoms with Gasteiger partial charge in [-0.25, -0.2) is 9.18 Å². The minimum absolute atomic E-state index is 0.0278. The zero-order chi connectivity index (χ0) is 27.7. The maximum Gasteiger partial charge on any atom is 0.397 e. The van der Waals surface area contributed by atoms with Crippen LogP contribution in [0, 0.1) is 11.6 Å². The molecule has 2 aliphatic rings. The van der Waals surface area contributed by atoms with Crippen LogP contribution < -0.4 is 15.8 Å². The quantitative estimate of drug-likeness (QED) is 0.479. The van der Waals surface area contributed by atoms with Crippen LogP contribution in [0.5, 0.6) is 5.75 Å². The second-order valence-electron chi connectivity index (χ2n) is 10.9. The van der Waals surface area contributed by atoms with Crippen molar-refractivity contribution in [1.29, 1.82) is 0 Å². The van der Waals surface area contributed by atoms with Crippen molar-refractivity contribution in [3.63, 3.8) is 0 Å². The molecule has 1 aromatic heterocycles. The monoisotopic (exact) mass is 542 g/mol. The summed E-state index contributed by atoms with van der Waals surface area (Å²) in [5.74, 6) is -0.924. The van der Waals surface area contributed by atoms with E-state index in [-0.39, 0.29) is 36.0 Å². The summed E-state index contributed by atoms with van der Waals surface area (Å²) in [4.78, 5) is 25.2. The Kier molecular flexibility index (Phi) is 9.00. The van der Waals surface area contributed by atoms with Crippen molar-refractivity contribution in [1.82, 2.24) is 9.55 Å². The van der Waals surface area contributed by atoms with Crippen molar-refractivity contribution in [3.8, 4) is 5.75 Å². The van der Waals surface area contributed by atoms with Crippen LogP contribution in [0.1, 0.15) is 91.1 Å². The molecule has 0 saturated carbocycles. The van der Waals surface area contributed by atoms with Gasteiger partial charge in [-0.1, -0.05) is 55.4 Å². The Bertz CT molecular complexity index is 1230. The Balaban J connectivity index is 0.00000186. The maximum absolute atomic E-state index is 15.4. The van der Waals surface area contributed by atoms with Gasteiger partial charge in [-0.2, -0.15) is 4.39 Å². The van der Waals surface area contributed by atoms with Gasteiger partial charge in [0.25, 0.3) is 5.56 Å². The second kappa shape index (κ2) is 11.3. The van der Waals surface area contributed by atoms with E-state index in [1.165, 1.54) is 0 Å². The van der Waals surface area contributed by atoms with Crippen molar-refractivity contribution in [3.05, 3.63) is 61.4 Å². The highest BCUT2D eigenvalue weighted by molar-refractivity contribution is 7.42. The van der Waals surface area contributed by atoms with Crippen LogP contribution in [0.25, 0.3) is 0 Å². The van der Waals surface area contributed by atoms with Crippen LogP contribution in [0.15, 0.2) is 21.9 Å².